The van der Waals surface area contributed by atoms with Crippen molar-refractivity contribution in [3.05, 3.63) is 54.1 Å². The maximum atomic E-state index is 12.7. The van der Waals surface area contributed by atoms with Gasteiger partial charge in [0.05, 0.1) is 7.11 Å². The minimum atomic E-state index is -0.506. The van der Waals surface area contributed by atoms with Crippen LogP contribution in [0.4, 0.5) is 5.69 Å². The van der Waals surface area contributed by atoms with Crippen molar-refractivity contribution in [2.24, 2.45) is 0 Å². The van der Waals surface area contributed by atoms with Gasteiger partial charge in [-0.1, -0.05) is 12.1 Å². The van der Waals surface area contributed by atoms with Gasteiger partial charge in [0.1, 0.15) is 11.5 Å². The molecule has 0 aromatic heterocycles. The van der Waals surface area contributed by atoms with Gasteiger partial charge in [-0.25, -0.2) is 0 Å². The average Bonchev–Trinajstić information content (AvgIpc) is 2.68. The second kappa shape index (κ2) is 8.13. The standard InChI is InChI=1S/C21H26N2O3/c1-16-5-4-6-18(15-16)22-11-13-23(14-12-22)21(24)17(2)26-20-9-7-19(25-3)8-10-20/h4-10,15,17H,11-14H2,1-3H3/t17-/m1/s1. The van der Waals surface area contributed by atoms with E-state index < -0.39 is 6.10 Å². The Balaban J connectivity index is 1.53. The molecule has 0 aliphatic carbocycles. The number of piperazine rings is 1. The summed E-state index contributed by atoms with van der Waals surface area (Å²) < 4.78 is 10.9. The third kappa shape index (κ3) is 4.28. The molecular weight excluding hydrogens is 328 g/mol. The number of aryl methyl sites for hydroxylation is 1. The summed E-state index contributed by atoms with van der Waals surface area (Å²) >= 11 is 0. The highest BCUT2D eigenvalue weighted by molar-refractivity contribution is 5.81. The van der Waals surface area contributed by atoms with Crippen molar-refractivity contribution in [1.82, 2.24) is 4.90 Å². The molecule has 0 saturated carbocycles. The Morgan fingerprint density at radius 2 is 1.65 bits per heavy atom. The summed E-state index contributed by atoms with van der Waals surface area (Å²) in [5, 5.41) is 0. The molecule has 1 aliphatic rings. The minimum absolute atomic E-state index is 0.0321. The molecule has 0 radical (unpaired) electrons. The fourth-order valence-corrected chi connectivity index (χ4v) is 3.18. The molecule has 1 fully saturated rings. The molecule has 0 bridgehead atoms. The first-order valence-corrected chi connectivity index (χ1v) is 8.98. The molecule has 1 aliphatic heterocycles. The third-order valence-corrected chi connectivity index (χ3v) is 4.68. The zero-order valence-corrected chi connectivity index (χ0v) is 15.6. The van der Waals surface area contributed by atoms with Crippen LogP contribution in [-0.2, 0) is 4.79 Å². The summed E-state index contributed by atoms with van der Waals surface area (Å²) in [5.41, 5.74) is 2.47. The van der Waals surface area contributed by atoms with Crippen LogP contribution in [0.25, 0.3) is 0 Å². The first-order valence-electron chi connectivity index (χ1n) is 8.98. The van der Waals surface area contributed by atoms with E-state index in [4.69, 9.17) is 9.47 Å². The van der Waals surface area contributed by atoms with Crippen LogP contribution in [0.1, 0.15) is 12.5 Å². The van der Waals surface area contributed by atoms with E-state index >= 15 is 0 Å². The van der Waals surface area contributed by atoms with E-state index in [1.165, 1.54) is 11.3 Å². The number of benzene rings is 2. The van der Waals surface area contributed by atoms with Gasteiger partial charge in [-0.05, 0) is 55.8 Å². The van der Waals surface area contributed by atoms with Crippen LogP contribution >= 0.6 is 0 Å². The van der Waals surface area contributed by atoms with Crippen molar-refractivity contribution in [1.29, 1.82) is 0 Å². The molecule has 3 rings (SSSR count). The lowest BCUT2D eigenvalue weighted by Gasteiger charge is -2.37. The number of ether oxygens (including phenoxy) is 2. The molecular formula is C21H26N2O3. The van der Waals surface area contributed by atoms with Gasteiger partial charge in [-0.2, -0.15) is 0 Å². The highest BCUT2D eigenvalue weighted by Crippen LogP contribution is 2.20. The van der Waals surface area contributed by atoms with Gasteiger partial charge in [-0.15, -0.1) is 0 Å². The van der Waals surface area contributed by atoms with Crippen molar-refractivity contribution >= 4 is 11.6 Å². The fourth-order valence-electron chi connectivity index (χ4n) is 3.18. The van der Waals surface area contributed by atoms with Crippen LogP contribution in [0.2, 0.25) is 0 Å². The van der Waals surface area contributed by atoms with E-state index in [0.29, 0.717) is 18.8 Å². The predicted octanol–water partition coefficient (Wildman–Crippen LogP) is 3.12. The number of carbonyl (C=O) groups is 1. The number of anilines is 1. The Hall–Kier alpha value is -2.69. The van der Waals surface area contributed by atoms with E-state index in [1.54, 1.807) is 14.0 Å². The molecule has 26 heavy (non-hydrogen) atoms. The number of carbonyl (C=O) groups excluding carboxylic acids is 1. The quantitative estimate of drug-likeness (QED) is 0.827. The van der Waals surface area contributed by atoms with E-state index in [2.05, 4.69) is 36.1 Å². The third-order valence-electron chi connectivity index (χ3n) is 4.68. The van der Waals surface area contributed by atoms with E-state index in [0.717, 1.165) is 18.8 Å². The second-order valence-electron chi connectivity index (χ2n) is 6.59. The first kappa shape index (κ1) is 18.1. The lowest BCUT2D eigenvalue weighted by Crippen LogP contribution is -2.52. The van der Waals surface area contributed by atoms with E-state index in [9.17, 15) is 4.79 Å². The van der Waals surface area contributed by atoms with Crippen molar-refractivity contribution in [3.63, 3.8) is 0 Å². The molecule has 0 N–H and O–H groups in total. The highest BCUT2D eigenvalue weighted by atomic mass is 16.5. The number of hydrogen-bond acceptors (Lipinski definition) is 4. The minimum Gasteiger partial charge on any atom is -0.497 e. The number of amides is 1. The van der Waals surface area contributed by atoms with Gasteiger partial charge in [0.2, 0.25) is 0 Å². The Morgan fingerprint density at radius 3 is 2.27 bits per heavy atom. The summed E-state index contributed by atoms with van der Waals surface area (Å²) in [5.74, 6) is 1.47. The van der Waals surface area contributed by atoms with Crippen molar-refractivity contribution in [2.45, 2.75) is 20.0 Å². The summed E-state index contributed by atoms with van der Waals surface area (Å²) in [6.07, 6.45) is -0.506. The van der Waals surface area contributed by atoms with Gasteiger partial charge in [0.15, 0.2) is 6.10 Å². The van der Waals surface area contributed by atoms with Gasteiger partial charge < -0.3 is 19.3 Å². The molecule has 2 aromatic rings. The Bertz CT molecular complexity index is 737. The second-order valence-corrected chi connectivity index (χ2v) is 6.59. The summed E-state index contributed by atoms with van der Waals surface area (Å²) in [6, 6.07) is 15.8. The lowest BCUT2D eigenvalue weighted by atomic mass is 10.2. The lowest BCUT2D eigenvalue weighted by molar-refractivity contribution is -0.138. The summed E-state index contributed by atoms with van der Waals surface area (Å²) in [4.78, 5) is 16.9. The molecule has 5 heteroatoms. The van der Waals surface area contributed by atoms with Crippen molar-refractivity contribution in [2.75, 3.05) is 38.2 Å². The molecule has 2 aromatic carbocycles. The smallest absolute Gasteiger partial charge is 0.263 e. The van der Waals surface area contributed by atoms with Gasteiger partial charge in [-0.3, -0.25) is 4.79 Å². The van der Waals surface area contributed by atoms with Crippen molar-refractivity contribution < 1.29 is 14.3 Å². The molecule has 138 valence electrons. The van der Waals surface area contributed by atoms with Gasteiger partial charge in [0.25, 0.3) is 5.91 Å². The predicted molar refractivity (Wildman–Crippen MR) is 103 cm³/mol. The average molecular weight is 354 g/mol. The number of nitrogens with zero attached hydrogens (tertiary/aromatic N) is 2. The molecule has 1 saturated heterocycles. The molecule has 0 spiro atoms. The molecule has 1 atom stereocenters. The number of hydrogen-bond donors (Lipinski definition) is 0. The maximum Gasteiger partial charge on any atom is 0.263 e. The Morgan fingerprint density at radius 1 is 1.00 bits per heavy atom. The molecule has 1 heterocycles. The van der Waals surface area contributed by atoms with Crippen molar-refractivity contribution in [3.8, 4) is 11.5 Å². The molecule has 5 nitrogen and oxygen atoms in total. The molecule has 0 unspecified atom stereocenters. The van der Waals surface area contributed by atoms with E-state index in [-0.39, 0.29) is 5.91 Å². The normalized spacial score (nSPS) is 15.5. The zero-order valence-electron chi connectivity index (χ0n) is 15.6. The van der Waals surface area contributed by atoms with Gasteiger partial charge in [0, 0.05) is 31.9 Å². The van der Waals surface area contributed by atoms with Crippen LogP contribution in [0, 0.1) is 6.92 Å². The summed E-state index contributed by atoms with van der Waals surface area (Å²) in [6.45, 7) is 7.00. The largest absolute Gasteiger partial charge is 0.497 e. The van der Waals surface area contributed by atoms with E-state index in [1.807, 2.05) is 29.2 Å². The summed E-state index contributed by atoms with van der Waals surface area (Å²) in [7, 11) is 1.62. The number of methoxy groups -OCH3 is 1. The van der Waals surface area contributed by atoms with Crippen LogP contribution in [0.15, 0.2) is 48.5 Å². The SMILES string of the molecule is COc1ccc(O[C@H](C)C(=O)N2CCN(c3cccc(C)c3)CC2)cc1. The first-order chi connectivity index (χ1) is 12.6. The Kier molecular flexibility index (Phi) is 5.66. The Labute approximate surface area is 155 Å². The highest BCUT2D eigenvalue weighted by Gasteiger charge is 2.26. The van der Waals surface area contributed by atoms with Crippen LogP contribution in [-0.4, -0.2) is 50.2 Å². The van der Waals surface area contributed by atoms with Crippen LogP contribution in [0.5, 0.6) is 11.5 Å². The maximum absolute atomic E-state index is 12.7. The number of rotatable bonds is 5. The topological polar surface area (TPSA) is 42.0 Å². The van der Waals surface area contributed by atoms with Crippen LogP contribution in [0.3, 0.4) is 0 Å². The fraction of sp³-hybridized carbons (Fsp3) is 0.381. The molecule has 1 amide bonds. The van der Waals surface area contributed by atoms with Gasteiger partial charge >= 0.3 is 0 Å². The monoisotopic (exact) mass is 354 g/mol. The van der Waals surface area contributed by atoms with Crippen LogP contribution < -0.4 is 14.4 Å². The zero-order chi connectivity index (χ0) is 18.5.